The Balaban J connectivity index is 1.49. The number of nitrogens with one attached hydrogen (secondary N) is 1. The fraction of sp³-hybridized carbons (Fsp3) is 0.278. The lowest BCUT2D eigenvalue weighted by atomic mass is 10.2. The summed E-state index contributed by atoms with van der Waals surface area (Å²) < 4.78 is 0. The maximum atomic E-state index is 10.6. The Bertz CT molecular complexity index is 693. The van der Waals surface area contributed by atoms with Gasteiger partial charge in [-0.2, -0.15) is 5.10 Å². The minimum Gasteiger partial charge on any atom is -0.328 e. The molecule has 1 aliphatic rings. The molecular formula is C18H21N4O2+. The van der Waals surface area contributed by atoms with E-state index in [0.717, 1.165) is 38.3 Å². The fourth-order valence-corrected chi connectivity index (χ4v) is 2.82. The maximum absolute atomic E-state index is 10.6. The average Bonchev–Trinajstić information content (AvgIpc) is 2.62. The zero-order chi connectivity index (χ0) is 16.8. The SMILES string of the molecule is O=[N+]([O-])c1ccc(/C=N\N2CC[NH+](Cc3ccccc3)CC2)cc1. The molecule has 0 unspecified atom stereocenters. The quantitative estimate of drug-likeness (QED) is 0.512. The van der Waals surface area contributed by atoms with Crippen LogP contribution in [0.1, 0.15) is 11.1 Å². The minimum absolute atomic E-state index is 0.102. The second-order valence-electron chi connectivity index (χ2n) is 5.96. The lowest BCUT2D eigenvalue weighted by molar-refractivity contribution is -0.918. The van der Waals surface area contributed by atoms with Crippen LogP contribution in [-0.4, -0.2) is 42.3 Å². The first-order valence-corrected chi connectivity index (χ1v) is 8.11. The number of nitrogens with zero attached hydrogens (tertiary/aromatic N) is 3. The number of non-ortho nitro benzene ring substituents is 1. The molecule has 6 nitrogen and oxygen atoms in total. The van der Waals surface area contributed by atoms with Crippen molar-refractivity contribution in [1.29, 1.82) is 0 Å². The molecule has 0 aromatic heterocycles. The molecule has 1 N–H and O–H groups in total. The van der Waals surface area contributed by atoms with E-state index in [1.165, 1.54) is 17.7 Å². The number of piperazine rings is 1. The van der Waals surface area contributed by atoms with E-state index in [2.05, 4.69) is 34.4 Å². The van der Waals surface area contributed by atoms with Crippen molar-refractivity contribution >= 4 is 11.9 Å². The maximum Gasteiger partial charge on any atom is 0.269 e. The van der Waals surface area contributed by atoms with Crippen LogP contribution >= 0.6 is 0 Å². The van der Waals surface area contributed by atoms with Crippen molar-refractivity contribution in [3.8, 4) is 0 Å². The summed E-state index contributed by atoms with van der Waals surface area (Å²) in [5.74, 6) is 0. The molecule has 0 amide bonds. The van der Waals surface area contributed by atoms with Crippen molar-refractivity contribution < 1.29 is 9.82 Å². The normalized spacial score (nSPS) is 15.8. The highest BCUT2D eigenvalue weighted by Gasteiger charge is 2.18. The highest BCUT2D eigenvalue weighted by atomic mass is 16.6. The molecule has 0 radical (unpaired) electrons. The van der Waals surface area contributed by atoms with Crippen LogP contribution in [0.2, 0.25) is 0 Å². The monoisotopic (exact) mass is 325 g/mol. The highest BCUT2D eigenvalue weighted by molar-refractivity contribution is 5.79. The Hall–Kier alpha value is -2.73. The molecule has 124 valence electrons. The number of hydrogen-bond donors (Lipinski definition) is 1. The summed E-state index contributed by atoms with van der Waals surface area (Å²) in [6, 6.07) is 17.0. The molecule has 1 aliphatic heterocycles. The summed E-state index contributed by atoms with van der Waals surface area (Å²) in [7, 11) is 0. The number of rotatable bonds is 5. The smallest absolute Gasteiger partial charge is 0.269 e. The van der Waals surface area contributed by atoms with E-state index >= 15 is 0 Å². The van der Waals surface area contributed by atoms with Gasteiger partial charge in [0.1, 0.15) is 6.54 Å². The molecule has 1 heterocycles. The Morgan fingerprint density at radius 1 is 1.08 bits per heavy atom. The van der Waals surface area contributed by atoms with E-state index in [9.17, 15) is 10.1 Å². The molecule has 0 atom stereocenters. The third kappa shape index (κ3) is 4.39. The zero-order valence-electron chi connectivity index (χ0n) is 13.5. The molecule has 24 heavy (non-hydrogen) atoms. The van der Waals surface area contributed by atoms with E-state index in [1.807, 2.05) is 6.07 Å². The molecule has 1 fully saturated rings. The van der Waals surface area contributed by atoms with Gasteiger partial charge < -0.3 is 4.90 Å². The standard InChI is InChI=1S/C18H20N4O2/c23-22(24)18-8-6-16(7-9-18)14-19-21-12-10-20(11-13-21)15-17-4-2-1-3-5-17/h1-9,14H,10-13,15H2/p+1/b19-14-. The van der Waals surface area contributed by atoms with Gasteiger partial charge in [-0.3, -0.25) is 15.1 Å². The predicted octanol–water partition coefficient (Wildman–Crippen LogP) is 1.33. The van der Waals surface area contributed by atoms with Gasteiger partial charge in [-0.1, -0.05) is 30.3 Å². The second-order valence-corrected chi connectivity index (χ2v) is 5.96. The van der Waals surface area contributed by atoms with Crippen LogP contribution in [-0.2, 0) is 6.54 Å². The van der Waals surface area contributed by atoms with Crippen LogP contribution in [0.5, 0.6) is 0 Å². The van der Waals surface area contributed by atoms with E-state index < -0.39 is 4.92 Å². The number of benzene rings is 2. The van der Waals surface area contributed by atoms with Crippen molar-refractivity contribution in [3.05, 3.63) is 75.8 Å². The minimum atomic E-state index is -0.393. The van der Waals surface area contributed by atoms with E-state index in [0.29, 0.717) is 0 Å². The van der Waals surface area contributed by atoms with Crippen LogP contribution < -0.4 is 4.90 Å². The van der Waals surface area contributed by atoms with Gasteiger partial charge in [0, 0.05) is 17.7 Å². The highest BCUT2D eigenvalue weighted by Crippen LogP contribution is 2.10. The summed E-state index contributed by atoms with van der Waals surface area (Å²) in [6.07, 6.45) is 1.77. The van der Waals surface area contributed by atoms with Crippen molar-refractivity contribution in [2.45, 2.75) is 6.54 Å². The van der Waals surface area contributed by atoms with Gasteiger partial charge in [0.05, 0.1) is 37.3 Å². The summed E-state index contributed by atoms with van der Waals surface area (Å²) >= 11 is 0. The van der Waals surface area contributed by atoms with E-state index in [1.54, 1.807) is 23.2 Å². The molecule has 0 spiro atoms. The molecule has 6 heteroatoms. The molecular weight excluding hydrogens is 304 g/mol. The first-order chi connectivity index (χ1) is 11.7. The van der Waals surface area contributed by atoms with Crippen molar-refractivity contribution in [3.63, 3.8) is 0 Å². The molecule has 0 saturated carbocycles. The third-order valence-electron chi connectivity index (χ3n) is 4.22. The zero-order valence-corrected chi connectivity index (χ0v) is 13.5. The van der Waals surface area contributed by atoms with Crippen LogP contribution in [0.4, 0.5) is 5.69 Å². The molecule has 2 aromatic carbocycles. The summed E-state index contributed by atoms with van der Waals surface area (Å²) in [5.41, 5.74) is 2.35. The van der Waals surface area contributed by atoms with Gasteiger partial charge in [-0.05, 0) is 17.7 Å². The summed E-state index contributed by atoms with van der Waals surface area (Å²) in [5, 5.41) is 17.2. The largest absolute Gasteiger partial charge is 0.328 e. The first kappa shape index (κ1) is 16.1. The molecule has 0 bridgehead atoms. The molecule has 3 rings (SSSR count). The Morgan fingerprint density at radius 2 is 1.75 bits per heavy atom. The van der Waals surface area contributed by atoms with Crippen molar-refractivity contribution in [2.24, 2.45) is 5.10 Å². The number of quaternary nitrogens is 1. The molecule has 2 aromatic rings. The Kier molecular flexibility index (Phi) is 5.18. The number of hydrogen-bond acceptors (Lipinski definition) is 4. The second kappa shape index (κ2) is 7.70. The lowest BCUT2D eigenvalue weighted by Gasteiger charge is -2.30. The van der Waals surface area contributed by atoms with Gasteiger partial charge >= 0.3 is 0 Å². The van der Waals surface area contributed by atoms with Crippen LogP contribution in [0.15, 0.2) is 59.7 Å². The Labute approximate surface area is 141 Å². The summed E-state index contributed by atoms with van der Waals surface area (Å²) in [4.78, 5) is 11.8. The van der Waals surface area contributed by atoms with Crippen LogP contribution in [0.25, 0.3) is 0 Å². The number of nitro benzene ring substituents is 1. The van der Waals surface area contributed by atoms with Gasteiger partial charge in [-0.15, -0.1) is 0 Å². The van der Waals surface area contributed by atoms with E-state index in [4.69, 9.17) is 0 Å². The lowest BCUT2D eigenvalue weighted by Crippen LogP contribution is -3.13. The van der Waals surface area contributed by atoms with Gasteiger partial charge in [0.2, 0.25) is 0 Å². The van der Waals surface area contributed by atoms with Crippen molar-refractivity contribution in [2.75, 3.05) is 26.2 Å². The van der Waals surface area contributed by atoms with Crippen LogP contribution in [0, 0.1) is 10.1 Å². The number of hydrazone groups is 1. The third-order valence-corrected chi connectivity index (χ3v) is 4.22. The van der Waals surface area contributed by atoms with Crippen LogP contribution in [0.3, 0.4) is 0 Å². The fourth-order valence-electron chi connectivity index (χ4n) is 2.82. The predicted molar refractivity (Wildman–Crippen MR) is 93.1 cm³/mol. The molecule has 0 aliphatic carbocycles. The first-order valence-electron chi connectivity index (χ1n) is 8.11. The summed E-state index contributed by atoms with van der Waals surface area (Å²) in [6.45, 7) is 5.02. The topological polar surface area (TPSA) is 63.2 Å². The van der Waals surface area contributed by atoms with Gasteiger partial charge in [0.25, 0.3) is 5.69 Å². The number of nitro groups is 1. The average molecular weight is 325 g/mol. The van der Waals surface area contributed by atoms with Crippen molar-refractivity contribution in [1.82, 2.24) is 5.01 Å². The Morgan fingerprint density at radius 3 is 2.38 bits per heavy atom. The van der Waals surface area contributed by atoms with E-state index in [-0.39, 0.29) is 5.69 Å². The molecule has 1 saturated heterocycles. The van der Waals surface area contributed by atoms with Gasteiger partial charge in [0.15, 0.2) is 0 Å². The van der Waals surface area contributed by atoms with Gasteiger partial charge in [-0.25, -0.2) is 0 Å².